The average Bonchev–Trinajstić information content (AvgIpc) is 3.79. The van der Waals surface area contributed by atoms with E-state index < -0.39 is 25.7 Å². The van der Waals surface area contributed by atoms with Crippen LogP contribution in [-0.2, 0) is 44.4 Å². The minimum absolute atomic E-state index is 0.0100. The molecule has 0 aromatic rings. The van der Waals surface area contributed by atoms with Crippen molar-refractivity contribution >= 4 is 105 Å². The summed E-state index contributed by atoms with van der Waals surface area (Å²) in [7, 11) is 25.7. The Labute approximate surface area is 375 Å². The zero-order valence-electron chi connectivity index (χ0n) is 36.3. The molecule has 4 aliphatic rings. The van der Waals surface area contributed by atoms with E-state index in [1.54, 1.807) is 0 Å². The highest BCUT2D eigenvalue weighted by atomic mass is 127. The van der Waals surface area contributed by atoms with E-state index in [1.807, 2.05) is 0 Å². The van der Waals surface area contributed by atoms with Crippen molar-refractivity contribution in [3.63, 3.8) is 0 Å². The van der Waals surface area contributed by atoms with E-state index in [0.717, 1.165) is 41.5 Å². The van der Waals surface area contributed by atoms with Gasteiger partial charge in [-0.1, -0.05) is 117 Å². The molecule has 0 bridgehead atoms. The van der Waals surface area contributed by atoms with Gasteiger partial charge in [0.2, 0.25) is 0 Å². The van der Waals surface area contributed by atoms with Crippen LogP contribution in [0.15, 0.2) is 0 Å². The highest BCUT2D eigenvalue weighted by molar-refractivity contribution is 14.1. The van der Waals surface area contributed by atoms with Crippen LogP contribution in [0.4, 0.5) is 0 Å². The zero-order valence-corrected chi connectivity index (χ0v) is 41.9. The van der Waals surface area contributed by atoms with Gasteiger partial charge in [0.1, 0.15) is 22.4 Å². The first-order chi connectivity index (χ1) is 25.8. The molecule has 0 amide bonds. The number of alkyl halides is 1. The van der Waals surface area contributed by atoms with E-state index >= 15 is 0 Å². The maximum absolute atomic E-state index is 12.8. The maximum atomic E-state index is 12.8. The molecule has 14 atom stereocenters. The van der Waals surface area contributed by atoms with Gasteiger partial charge in [0, 0.05) is 49.7 Å². The molecule has 0 spiro atoms. The van der Waals surface area contributed by atoms with Gasteiger partial charge in [0.05, 0.1) is 51.0 Å². The van der Waals surface area contributed by atoms with Crippen molar-refractivity contribution in [2.75, 3.05) is 10.2 Å². The van der Waals surface area contributed by atoms with Crippen LogP contribution < -0.4 is 4.89 Å². The fourth-order valence-corrected chi connectivity index (χ4v) is 12.3. The molecule has 2 N–H and O–H groups in total. The van der Waals surface area contributed by atoms with Crippen molar-refractivity contribution in [1.29, 1.82) is 0 Å². The van der Waals surface area contributed by atoms with Crippen LogP contribution in [-0.4, -0.2) is 126 Å². The van der Waals surface area contributed by atoms with E-state index in [-0.39, 0.29) is 64.5 Å². The molecule has 4 aliphatic heterocycles. The number of ether oxygens (including phenoxy) is 4. The van der Waals surface area contributed by atoms with Gasteiger partial charge in [-0.15, -0.1) is 0 Å². The van der Waals surface area contributed by atoms with E-state index in [1.165, 1.54) is 14.3 Å². The molecule has 14 unspecified atom stereocenters. The first kappa shape index (κ1) is 55.1. The van der Waals surface area contributed by atoms with Gasteiger partial charge in [0.15, 0.2) is 0 Å². The molecule has 4 saturated heterocycles. The normalized spacial score (nSPS) is 35.6. The fraction of sp³-hybridized carbons (Fsp3) is 1.00. The first-order valence-corrected chi connectivity index (χ1v) is 27.2. The molecular formula is C36H66B6IO10P2S2-. The molecule has 0 aliphatic carbocycles. The third-order valence-corrected chi connectivity index (χ3v) is 15.1. The van der Waals surface area contributed by atoms with Crippen molar-refractivity contribution in [2.24, 2.45) is 33.5 Å². The summed E-state index contributed by atoms with van der Waals surface area (Å²) in [5, 5.41) is 0. The smallest absolute Gasteiger partial charge is 0.387 e. The van der Waals surface area contributed by atoms with E-state index in [9.17, 15) is 14.4 Å². The Balaban J connectivity index is 0.000000327. The van der Waals surface area contributed by atoms with Gasteiger partial charge < -0.3 is 38.2 Å². The number of hydrogen-bond donors (Lipinski definition) is 2. The summed E-state index contributed by atoms with van der Waals surface area (Å²) in [6.45, 7) is 18.0. The van der Waals surface area contributed by atoms with Crippen molar-refractivity contribution in [3.8, 4) is 0 Å². The Morgan fingerprint density at radius 2 is 1.11 bits per heavy atom. The standard InChI is InChI=1S/C18H33B3O5PS.C9H18B2O4PS.C9H16BIO/c1-17(2,3)9-13-12(8-16(21-20)25-13)26-27(22,23)28-10-14-11(18(4,5)6)7-15(19)24-14;1-9(2,3)5-7-6(15-16(12,13)17)4-8(11-10)14-7;1-9(2,3)6-4-8(10)12-7(6)5-11/h11-16H,7-10H2,1-6H3,(H,22,23);6-8H,4-5H2,1-3H3,(H2,12,13,17);6-8H,4-5H2,1-3H3/p-1. The van der Waals surface area contributed by atoms with Crippen LogP contribution in [0.5, 0.6) is 0 Å². The van der Waals surface area contributed by atoms with Crippen molar-refractivity contribution in [2.45, 2.75) is 182 Å². The Morgan fingerprint density at radius 3 is 1.44 bits per heavy atom. The minimum Gasteiger partial charge on any atom is -0.780 e. The van der Waals surface area contributed by atoms with Gasteiger partial charge >= 0.3 is 6.80 Å². The third-order valence-electron chi connectivity index (χ3n) is 10.4. The van der Waals surface area contributed by atoms with Gasteiger partial charge in [-0.2, -0.15) is 0 Å². The van der Waals surface area contributed by atoms with Gasteiger partial charge in [-0.25, -0.2) is 4.57 Å². The molecule has 318 valence electrons. The monoisotopic (exact) mass is 977 g/mol. The van der Waals surface area contributed by atoms with Gasteiger partial charge in [0.25, 0.3) is 0 Å². The highest BCUT2D eigenvalue weighted by Crippen LogP contribution is 2.59. The third kappa shape index (κ3) is 20.6. The maximum Gasteiger partial charge on any atom is 0.387 e. The lowest BCUT2D eigenvalue weighted by Gasteiger charge is -2.31. The molecule has 0 aromatic heterocycles. The summed E-state index contributed by atoms with van der Waals surface area (Å²) in [5.41, 5.74) is 0.387. The Hall–Kier alpha value is 1.99. The lowest BCUT2D eigenvalue weighted by molar-refractivity contribution is -0.207. The quantitative estimate of drug-likeness (QED) is 0.101. The van der Waals surface area contributed by atoms with Gasteiger partial charge in [-0.3, -0.25) is 4.52 Å². The van der Waals surface area contributed by atoms with Crippen molar-refractivity contribution < 1.29 is 47.2 Å². The van der Waals surface area contributed by atoms with Crippen LogP contribution in [0.2, 0.25) is 0 Å². The van der Waals surface area contributed by atoms with Crippen LogP contribution in [0.25, 0.3) is 0 Å². The second-order valence-electron chi connectivity index (χ2n) is 20.3. The number of halogens is 1. The second-order valence-corrected chi connectivity index (χ2v) is 27.6. The summed E-state index contributed by atoms with van der Waals surface area (Å²) in [4.78, 5) is 30.7. The molecule has 57 heavy (non-hydrogen) atoms. The van der Waals surface area contributed by atoms with Crippen molar-refractivity contribution in [1.82, 2.24) is 0 Å². The van der Waals surface area contributed by atoms with Crippen LogP contribution in [0, 0.1) is 33.5 Å². The molecule has 10 nitrogen and oxygen atoms in total. The summed E-state index contributed by atoms with van der Waals surface area (Å²) in [5.74, 6) is 1.21. The van der Waals surface area contributed by atoms with E-state index in [2.05, 4.69) is 117 Å². The SMILES string of the molecule is [B]C1CC(C(C)(C)C)C(CI)O1.[B][B]C1CC(OP(=O)(O)SCC2OC([B])CC2C(C)(C)C)C(CC(C)(C)C)O1.[B][B]C1CC(OP([O-])(O)=S)C(CC(C)(C)C)O1. The molecule has 4 fully saturated rings. The number of hydrogen-bond acceptors (Lipinski definition) is 10. The second kappa shape index (κ2) is 22.7. The van der Waals surface area contributed by atoms with Gasteiger partial charge in [-0.05, 0) is 83.4 Å². The molecular weight excluding hydrogens is 910 g/mol. The Morgan fingerprint density at radius 1 is 0.719 bits per heavy atom. The predicted molar refractivity (Wildman–Crippen MR) is 249 cm³/mol. The van der Waals surface area contributed by atoms with E-state index in [0.29, 0.717) is 36.0 Å². The van der Waals surface area contributed by atoms with Crippen LogP contribution >= 0.6 is 47.5 Å². The summed E-state index contributed by atoms with van der Waals surface area (Å²) in [6.07, 6.45) is 2.92. The van der Waals surface area contributed by atoms with Crippen molar-refractivity contribution in [3.05, 3.63) is 0 Å². The molecule has 0 saturated carbocycles. The molecule has 10 radical (unpaired) electrons. The van der Waals surface area contributed by atoms with Crippen LogP contribution in [0.3, 0.4) is 0 Å². The van der Waals surface area contributed by atoms with E-state index in [4.69, 9.17) is 64.1 Å². The fourth-order valence-electron chi connectivity index (χ4n) is 7.75. The molecule has 0 aromatic carbocycles. The molecule has 4 rings (SSSR count). The topological polar surface area (TPSA) is 136 Å². The predicted octanol–water partition coefficient (Wildman–Crippen LogP) is 6.14. The van der Waals surface area contributed by atoms with Crippen LogP contribution in [0.1, 0.15) is 122 Å². The summed E-state index contributed by atoms with van der Waals surface area (Å²) >= 11 is 7.68. The average molecular weight is 977 g/mol. The largest absolute Gasteiger partial charge is 0.780 e. The zero-order chi connectivity index (χ0) is 43.9. The summed E-state index contributed by atoms with van der Waals surface area (Å²) < 4.78 is 47.5. The number of rotatable bonds is 12. The summed E-state index contributed by atoms with van der Waals surface area (Å²) in [6, 6.07) is -0.860. The minimum atomic E-state index is -3.91. The highest BCUT2D eigenvalue weighted by Gasteiger charge is 2.44. The molecule has 21 heteroatoms. The Kier molecular flexibility index (Phi) is 22.0. The Bertz CT molecular complexity index is 1320. The lowest BCUT2D eigenvalue weighted by Crippen LogP contribution is -2.30. The molecule has 4 heterocycles. The first-order valence-electron chi connectivity index (χ1n) is 19.9. The lowest BCUT2D eigenvalue weighted by atomic mass is 9.51.